The van der Waals surface area contributed by atoms with Crippen molar-refractivity contribution in [3.8, 4) is 11.5 Å². The molecule has 0 saturated carbocycles. The van der Waals surface area contributed by atoms with Crippen molar-refractivity contribution in [2.24, 2.45) is 5.92 Å². The molecule has 3 heterocycles. The van der Waals surface area contributed by atoms with Gasteiger partial charge in [0.05, 0.1) is 12.2 Å². The number of carbonyl (C=O) groups excluding carboxylic acids is 2. The van der Waals surface area contributed by atoms with Crippen LogP contribution < -0.4 is 0 Å². The molecule has 1 amide bonds. The Morgan fingerprint density at radius 3 is 2.79 bits per heavy atom. The molecule has 0 unspecified atom stereocenters. The molecule has 4 rings (SSSR count). The first-order valence-electron chi connectivity index (χ1n) is 9.31. The van der Waals surface area contributed by atoms with Crippen molar-refractivity contribution >= 4 is 23.5 Å². The van der Waals surface area contributed by atoms with E-state index < -0.39 is 0 Å². The van der Waals surface area contributed by atoms with E-state index in [0.29, 0.717) is 47.3 Å². The summed E-state index contributed by atoms with van der Waals surface area (Å²) in [5, 5.41) is 4.47. The zero-order valence-corrected chi connectivity index (χ0v) is 16.3. The van der Waals surface area contributed by atoms with Crippen molar-refractivity contribution in [2.45, 2.75) is 19.4 Å². The quantitative estimate of drug-likeness (QED) is 0.582. The first-order chi connectivity index (χ1) is 14.1. The van der Waals surface area contributed by atoms with Crippen molar-refractivity contribution in [1.29, 1.82) is 0 Å². The second-order valence-electron chi connectivity index (χ2n) is 6.86. The van der Waals surface area contributed by atoms with Gasteiger partial charge in [0.2, 0.25) is 5.76 Å². The fourth-order valence-electron chi connectivity index (χ4n) is 3.31. The highest BCUT2D eigenvalue weighted by Crippen LogP contribution is 2.23. The SMILES string of the molecule is O=C(OCc1cc(-c2ccco2)on1)[C@@H]1CCCN(C(=O)c2ccc(Cl)cc2)C1. The summed E-state index contributed by atoms with van der Waals surface area (Å²) in [4.78, 5) is 26.9. The Hall–Kier alpha value is -3.06. The highest BCUT2D eigenvalue weighted by Gasteiger charge is 2.30. The smallest absolute Gasteiger partial charge is 0.311 e. The molecule has 1 atom stereocenters. The Bertz CT molecular complexity index is 981. The van der Waals surface area contributed by atoms with E-state index in [1.807, 2.05) is 0 Å². The third kappa shape index (κ3) is 4.51. The first kappa shape index (κ1) is 19.3. The zero-order valence-electron chi connectivity index (χ0n) is 15.5. The van der Waals surface area contributed by atoms with Crippen LogP contribution in [0.1, 0.15) is 28.9 Å². The Balaban J connectivity index is 1.33. The Labute approximate surface area is 172 Å². The summed E-state index contributed by atoms with van der Waals surface area (Å²) in [6.07, 6.45) is 2.96. The number of hydrogen-bond acceptors (Lipinski definition) is 6. The number of piperidine rings is 1. The number of halogens is 1. The molecule has 3 aromatic rings. The fourth-order valence-corrected chi connectivity index (χ4v) is 3.43. The van der Waals surface area contributed by atoms with Crippen LogP contribution in [0, 0.1) is 5.92 Å². The van der Waals surface area contributed by atoms with Gasteiger partial charge in [-0.05, 0) is 49.2 Å². The number of furan rings is 1. The van der Waals surface area contributed by atoms with E-state index in [-0.39, 0.29) is 24.4 Å². The topological polar surface area (TPSA) is 85.8 Å². The fraction of sp³-hybridized carbons (Fsp3) is 0.286. The van der Waals surface area contributed by atoms with Gasteiger partial charge >= 0.3 is 5.97 Å². The third-order valence-electron chi connectivity index (χ3n) is 4.82. The zero-order chi connectivity index (χ0) is 20.2. The molecule has 0 radical (unpaired) electrons. The van der Waals surface area contributed by atoms with E-state index in [1.165, 1.54) is 6.26 Å². The van der Waals surface area contributed by atoms with Gasteiger partial charge in [-0.25, -0.2) is 0 Å². The van der Waals surface area contributed by atoms with E-state index in [0.717, 1.165) is 6.42 Å². The number of nitrogens with zero attached hydrogens (tertiary/aromatic N) is 2. The summed E-state index contributed by atoms with van der Waals surface area (Å²) >= 11 is 5.88. The molecule has 1 aliphatic rings. The lowest BCUT2D eigenvalue weighted by Crippen LogP contribution is -2.42. The molecule has 7 nitrogen and oxygen atoms in total. The van der Waals surface area contributed by atoms with Crippen LogP contribution in [0.15, 0.2) is 57.7 Å². The van der Waals surface area contributed by atoms with E-state index in [1.54, 1.807) is 47.4 Å². The molecule has 29 heavy (non-hydrogen) atoms. The van der Waals surface area contributed by atoms with Gasteiger partial charge in [0.1, 0.15) is 12.3 Å². The maximum absolute atomic E-state index is 12.7. The molecule has 1 saturated heterocycles. The second-order valence-corrected chi connectivity index (χ2v) is 7.30. The predicted molar refractivity (Wildman–Crippen MR) is 104 cm³/mol. The minimum absolute atomic E-state index is 0.00464. The average Bonchev–Trinajstić information content (AvgIpc) is 3.44. The number of rotatable bonds is 5. The number of ether oxygens (including phenoxy) is 1. The van der Waals surface area contributed by atoms with Gasteiger partial charge in [-0.1, -0.05) is 16.8 Å². The van der Waals surface area contributed by atoms with Crippen LogP contribution >= 0.6 is 11.6 Å². The summed E-state index contributed by atoms with van der Waals surface area (Å²) in [6, 6.07) is 11.9. The molecule has 1 aliphatic heterocycles. The van der Waals surface area contributed by atoms with Gasteiger partial charge in [-0.2, -0.15) is 0 Å². The summed E-state index contributed by atoms with van der Waals surface area (Å²) < 4.78 is 15.8. The summed E-state index contributed by atoms with van der Waals surface area (Å²) in [5.74, 6) is 0.202. The van der Waals surface area contributed by atoms with Crippen molar-refractivity contribution in [3.05, 3.63) is 65.0 Å². The van der Waals surface area contributed by atoms with Gasteiger partial charge in [-0.15, -0.1) is 0 Å². The maximum Gasteiger partial charge on any atom is 0.311 e. The number of amides is 1. The number of carbonyl (C=O) groups is 2. The number of hydrogen-bond donors (Lipinski definition) is 0. The molecule has 1 aromatic carbocycles. The lowest BCUT2D eigenvalue weighted by atomic mass is 9.97. The van der Waals surface area contributed by atoms with Crippen molar-refractivity contribution in [3.63, 3.8) is 0 Å². The highest BCUT2D eigenvalue weighted by molar-refractivity contribution is 6.30. The lowest BCUT2D eigenvalue weighted by molar-refractivity contribution is -0.151. The molecule has 0 aliphatic carbocycles. The molecular formula is C21H19ClN2O5. The molecule has 0 bridgehead atoms. The van der Waals surface area contributed by atoms with Crippen LogP contribution in [-0.2, 0) is 16.1 Å². The summed E-state index contributed by atoms with van der Waals surface area (Å²) in [7, 11) is 0. The van der Waals surface area contributed by atoms with E-state index >= 15 is 0 Å². The van der Waals surface area contributed by atoms with Crippen LogP contribution in [0.3, 0.4) is 0 Å². The third-order valence-corrected chi connectivity index (χ3v) is 5.07. The highest BCUT2D eigenvalue weighted by atomic mass is 35.5. The Morgan fingerprint density at radius 1 is 1.21 bits per heavy atom. The normalized spacial score (nSPS) is 16.6. The Morgan fingerprint density at radius 2 is 2.03 bits per heavy atom. The number of esters is 1. The van der Waals surface area contributed by atoms with Crippen LogP contribution in [0.4, 0.5) is 0 Å². The predicted octanol–water partition coefficient (Wildman–Crippen LogP) is 4.18. The summed E-state index contributed by atoms with van der Waals surface area (Å²) in [5.41, 5.74) is 1.05. The molecule has 150 valence electrons. The molecule has 1 fully saturated rings. The van der Waals surface area contributed by atoms with Gasteiger partial charge < -0.3 is 18.6 Å². The van der Waals surface area contributed by atoms with Crippen LogP contribution in [0.5, 0.6) is 0 Å². The monoisotopic (exact) mass is 414 g/mol. The molecule has 2 aromatic heterocycles. The van der Waals surface area contributed by atoms with Crippen molar-refractivity contribution in [1.82, 2.24) is 10.1 Å². The molecule has 0 spiro atoms. The van der Waals surface area contributed by atoms with Gasteiger partial charge in [0, 0.05) is 29.7 Å². The average molecular weight is 415 g/mol. The summed E-state index contributed by atoms with van der Waals surface area (Å²) in [6.45, 7) is 0.947. The Kier molecular flexibility index (Phi) is 5.67. The van der Waals surface area contributed by atoms with Crippen molar-refractivity contribution in [2.75, 3.05) is 13.1 Å². The first-order valence-corrected chi connectivity index (χ1v) is 9.69. The number of benzene rings is 1. The van der Waals surface area contributed by atoms with Crippen LogP contribution in [-0.4, -0.2) is 35.0 Å². The lowest BCUT2D eigenvalue weighted by Gasteiger charge is -2.31. The van der Waals surface area contributed by atoms with Gasteiger partial charge in [-0.3, -0.25) is 9.59 Å². The minimum Gasteiger partial charge on any atom is -0.461 e. The standard InChI is InChI=1S/C21H19ClN2O5/c22-16-7-5-14(6-8-16)20(25)24-9-1-3-15(12-24)21(26)28-13-17-11-19(29-23-17)18-4-2-10-27-18/h2,4-8,10-11,15H,1,3,9,12-13H2/t15-/m1/s1. The van der Waals surface area contributed by atoms with Crippen molar-refractivity contribution < 1.29 is 23.3 Å². The maximum atomic E-state index is 12.7. The van der Waals surface area contributed by atoms with E-state index in [9.17, 15) is 9.59 Å². The number of likely N-dealkylation sites (tertiary alicyclic amines) is 1. The van der Waals surface area contributed by atoms with E-state index in [4.69, 9.17) is 25.3 Å². The second kappa shape index (κ2) is 8.53. The molecule has 8 heteroatoms. The minimum atomic E-state index is -0.364. The number of aromatic nitrogens is 1. The molecule has 0 N–H and O–H groups in total. The van der Waals surface area contributed by atoms with Crippen LogP contribution in [0.2, 0.25) is 5.02 Å². The van der Waals surface area contributed by atoms with Gasteiger partial charge in [0.15, 0.2) is 5.76 Å². The molecular weight excluding hydrogens is 396 g/mol. The van der Waals surface area contributed by atoms with Crippen LogP contribution in [0.25, 0.3) is 11.5 Å². The van der Waals surface area contributed by atoms with Gasteiger partial charge in [0.25, 0.3) is 5.91 Å². The largest absolute Gasteiger partial charge is 0.461 e. The van der Waals surface area contributed by atoms with E-state index in [2.05, 4.69) is 5.16 Å².